The molecule has 0 aromatic rings. The van der Waals surface area contributed by atoms with E-state index in [9.17, 15) is 28.2 Å². The number of sulfonamides is 1. The Morgan fingerprint density at radius 3 is 2.38 bits per heavy atom. The van der Waals surface area contributed by atoms with Crippen molar-refractivity contribution in [2.75, 3.05) is 32.5 Å². The Labute approximate surface area is 310 Å². The predicted molar refractivity (Wildman–Crippen MR) is 193 cm³/mol. The summed E-state index contributed by atoms with van der Waals surface area (Å²) in [6.45, 7) is 14.9. The lowest BCUT2D eigenvalue weighted by atomic mass is 9.41. The van der Waals surface area contributed by atoms with Crippen LogP contribution in [0.15, 0.2) is 0 Å². The predicted octanol–water partition coefficient (Wildman–Crippen LogP) is 4.90. The van der Waals surface area contributed by atoms with Gasteiger partial charge in [-0.2, -0.15) is 4.31 Å². The number of carboxylic acids is 1. The van der Waals surface area contributed by atoms with Crippen molar-refractivity contribution < 1.29 is 42.4 Å². The van der Waals surface area contributed by atoms with E-state index < -0.39 is 40.3 Å². The Morgan fingerprint density at radius 1 is 1.02 bits per heavy atom. The summed E-state index contributed by atoms with van der Waals surface area (Å²) in [5, 5.41) is 22.2. The summed E-state index contributed by atoms with van der Waals surface area (Å²) >= 11 is 0. The average molecular weight is 749 g/mol. The molecule has 8 aliphatic rings. The van der Waals surface area contributed by atoms with Crippen LogP contribution < -0.4 is 0 Å². The van der Waals surface area contributed by atoms with E-state index in [1.54, 1.807) is 0 Å². The summed E-state index contributed by atoms with van der Waals surface area (Å²) in [5.74, 6) is 0.835. The number of rotatable bonds is 9. The van der Waals surface area contributed by atoms with Crippen LogP contribution in [0.25, 0.3) is 0 Å². The highest BCUT2D eigenvalue weighted by atomic mass is 32.2. The Balaban J connectivity index is 0.993. The van der Waals surface area contributed by atoms with Gasteiger partial charge in [-0.25, -0.2) is 8.42 Å². The number of carbonyl (C=O) groups is 2. The van der Waals surface area contributed by atoms with E-state index in [2.05, 4.69) is 34.6 Å². The number of carboxylic acid groups (broad SMARTS) is 1. The van der Waals surface area contributed by atoms with Crippen LogP contribution in [0.4, 0.5) is 0 Å². The Bertz CT molecular complexity index is 1570. The van der Waals surface area contributed by atoms with Gasteiger partial charge in [0.1, 0.15) is 6.04 Å². The molecule has 1 amide bonds. The molecule has 6 aliphatic carbocycles. The maximum Gasteiger partial charge on any atom is 0.321 e. The summed E-state index contributed by atoms with van der Waals surface area (Å²) in [6, 6.07) is -1.20. The number of nitrogens with zero attached hydrogens (tertiary/aromatic N) is 2. The fourth-order valence-electron chi connectivity index (χ4n) is 14.5. The van der Waals surface area contributed by atoms with Gasteiger partial charge < -0.3 is 29.3 Å². The minimum Gasteiger partial charge on any atom is -0.480 e. The van der Waals surface area contributed by atoms with Gasteiger partial charge in [-0.15, -0.1) is 0 Å². The van der Waals surface area contributed by atoms with Crippen molar-refractivity contribution in [1.29, 1.82) is 0 Å². The maximum absolute atomic E-state index is 12.9. The molecule has 14 atom stereocenters. The quantitative estimate of drug-likeness (QED) is 0.337. The van der Waals surface area contributed by atoms with Gasteiger partial charge in [0.2, 0.25) is 15.9 Å². The number of aliphatic carboxylic acids is 1. The largest absolute Gasteiger partial charge is 0.480 e. The van der Waals surface area contributed by atoms with E-state index >= 15 is 0 Å². The second-order valence-corrected chi connectivity index (χ2v) is 21.8. The second-order valence-electron chi connectivity index (χ2n) is 19.9. The third-order valence-electron chi connectivity index (χ3n) is 17.3. The minimum absolute atomic E-state index is 0.0306. The Kier molecular flexibility index (Phi) is 8.93. The molecular formula is C40H64N2O9S. The van der Waals surface area contributed by atoms with Gasteiger partial charge in [0.15, 0.2) is 6.29 Å². The lowest BCUT2D eigenvalue weighted by Crippen LogP contribution is -2.60. The second kappa shape index (κ2) is 12.3. The van der Waals surface area contributed by atoms with E-state index in [1.807, 2.05) is 4.90 Å². The van der Waals surface area contributed by atoms with Crippen molar-refractivity contribution in [2.45, 2.75) is 149 Å². The molecule has 0 aromatic heterocycles. The lowest BCUT2D eigenvalue weighted by molar-refractivity contribution is -0.248. The molecule has 4 unspecified atom stereocenters. The van der Waals surface area contributed by atoms with Crippen LogP contribution >= 0.6 is 0 Å². The van der Waals surface area contributed by atoms with E-state index in [-0.39, 0.29) is 63.8 Å². The van der Waals surface area contributed by atoms with Crippen molar-refractivity contribution in [2.24, 2.45) is 56.7 Å². The molecule has 0 bridgehead atoms. The number of fused-ring (bicyclic) bond motifs is 4. The first kappa shape index (κ1) is 37.6. The molecule has 52 heavy (non-hydrogen) atoms. The molecule has 2 aliphatic heterocycles. The summed E-state index contributed by atoms with van der Waals surface area (Å²) in [4.78, 5) is 26.7. The van der Waals surface area contributed by atoms with E-state index in [0.29, 0.717) is 50.3 Å². The van der Waals surface area contributed by atoms with Crippen molar-refractivity contribution in [3.05, 3.63) is 0 Å². The number of amides is 1. The maximum atomic E-state index is 12.9. The zero-order valence-electron chi connectivity index (χ0n) is 32.5. The molecule has 8 rings (SSSR count). The summed E-state index contributed by atoms with van der Waals surface area (Å²) in [5.41, 5.74) is -0.123. The first-order chi connectivity index (χ1) is 24.3. The van der Waals surface area contributed by atoms with Crippen LogP contribution in [0.3, 0.4) is 0 Å². The number of hydrogen-bond donors (Lipinski definition) is 2. The van der Waals surface area contributed by atoms with Gasteiger partial charge in [-0.3, -0.25) is 9.59 Å². The SMILES string of the molecule is C[C@@H]1CC(CN([C@@H](C)C(=O)O)S(C)(=O)=O)OC2[C@H]1[C@@]1(C)CCC34C[C@@]35CC[C@H](O[C@H]3CN(C(=O)CC6CC6)CCO3)C(C)(C)[C@@H]5CCC4[C@]1(C)[C@H]2O. The number of ether oxygens (including phenoxy) is 3. The van der Waals surface area contributed by atoms with Crippen molar-refractivity contribution in [3.63, 3.8) is 0 Å². The van der Waals surface area contributed by atoms with Crippen LogP contribution in [-0.2, 0) is 33.8 Å². The van der Waals surface area contributed by atoms with Gasteiger partial charge >= 0.3 is 5.97 Å². The van der Waals surface area contributed by atoms with Gasteiger partial charge in [0.05, 0.1) is 43.8 Å². The van der Waals surface area contributed by atoms with Crippen molar-refractivity contribution in [1.82, 2.24) is 9.21 Å². The number of morpholine rings is 1. The fraction of sp³-hybridized carbons (Fsp3) is 0.950. The molecule has 2 N–H and O–H groups in total. The van der Waals surface area contributed by atoms with Gasteiger partial charge in [-0.1, -0.05) is 34.6 Å². The summed E-state index contributed by atoms with van der Waals surface area (Å²) in [7, 11) is -3.79. The Morgan fingerprint density at radius 2 is 1.71 bits per heavy atom. The zero-order chi connectivity index (χ0) is 37.4. The normalized spacial score (nSPS) is 48.5. The van der Waals surface area contributed by atoms with Gasteiger partial charge in [0, 0.05) is 24.9 Å². The lowest BCUT2D eigenvalue weighted by Gasteiger charge is -2.64. The highest BCUT2D eigenvalue weighted by molar-refractivity contribution is 7.88. The smallest absolute Gasteiger partial charge is 0.321 e. The number of aliphatic hydroxyl groups excluding tert-OH is 1. The van der Waals surface area contributed by atoms with Crippen LogP contribution in [0.5, 0.6) is 0 Å². The number of hydrogen-bond acceptors (Lipinski definition) is 8. The first-order valence-electron chi connectivity index (χ1n) is 20.4. The highest BCUT2D eigenvalue weighted by Crippen LogP contribution is 2.89. The standard InChI is InChI=1S/C40H64N2O9S/c1-23-18-26(20-42(52(7,47)48)24(2)35(45)46)50-33-32(23)37(5)14-15-40-22-39(40)13-12-29(36(3,4)27(39)10-11-28(40)38(37,6)34(33)44)51-31-21-41(16-17-49-31)30(43)19-25-8-9-25/h23-29,31-34,44H,8-22H2,1-7H3,(H,45,46)/t23-,24+,26?,27+,28?,29+,31+,32+,33?,34+,37-,38-,39-,40?/m1/s1. The zero-order valence-corrected chi connectivity index (χ0v) is 33.3. The molecule has 2 heterocycles. The number of carbonyl (C=O) groups excluding carboxylic acids is 1. The highest BCUT2D eigenvalue weighted by Gasteiger charge is 2.84. The third-order valence-corrected chi connectivity index (χ3v) is 18.6. The summed E-state index contributed by atoms with van der Waals surface area (Å²) < 4.78 is 46.2. The average Bonchev–Trinajstić information content (AvgIpc) is 3.99. The molecular weight excluding hydrogens is 685 g/mol. The third kappa shape index (κ3) is 5.36. The molecule has 294 valence electrons. The molecule has 11 nitrogen and oxygen atoms in total. The molecule has 2 spiro atoms. The van der Waals surface area contributed by atoms with Crippen LogP contribution in [0.2, 0.25) is 0 Å². The van der Waals surface area contributed by atoms with Gasteiger partial charge in [0.25, 0.3) is 0 Å². The molecule has 2 saturated heterocycles. The monoisotopic (exact) mass is 748 g/mol. The van der Waals surface area contributed by atoms with Crippen LogP contribution in [0, 0.1) is 56.7 Å². The minimum atomic E-state index is -3.79. The van der Waals surface area contributed by atoms with Crippen LogP contribution in [-0.4, -0.2) is 109 Å². The summed E-state index contributed by atoms with van der Waals surface area (Å²) in [6.07, 6.45) is 10.4. The van der Waals surface area contributed by atoms with E-state index in [1.165, 1.54) is 26.2 Å². The molecule has 8 fully saturated rings. The van der Waals surface area contributed by atoms with Crippen molar-refractivity contribution in [3.8, 4) is 0 Å². The van der Waals surface area contributed by atoms with Gasteiger partial charge in [-0.05, 0) is 122 Å². The van der Waals surface area contributed by atoms with E-state index in [4.69, 9.17) is 14.2 Å². The topological polar surface area (TPSA) is 143 Å². The number of aliphatic hydroxyl groups is 1. The van der Waals surface area contributed by atoms with Crippen molar-refractivity contribution >= 4 is 21.9 Å². The first-order valence-corrected chi connectivity index (χ1v) is 22.2. The molecule has 0 aromatic carbocycles. The fourth-order valence-corrected chi connectivity index (χ4v) is 15.6. The molecule has 6 saturated carbocycles. The Hall–Kier alpha value is -1.31. The van der Waals surface area contributed by atoms with E-state index in [0.717, 1.165) is 49.1 Å². The molecule has 12 heteroatoms. The van der Waals surface area contributed by atoms with Crippen LogP contribution in [0.1, 0.15) is 112 Å². The molecule has 0 radical (unpaired) electrons.